The maximum absolute atomic E-state index is 12.8. The van der Waals surface area contributed by atoms with Crippen molar-refractivity contribution in [3.8, 4) is 0 Å². The fourth-order valence-corrected chi connectivity index (χ4v) is 3.55. The second-order valence-corrected chi connectivity index (χ2v) is 7.25. The highest BCUT2D eigenvalue weighted by atomic mass is 19.4. The van der Waals surface area contributed by atoms with Crippen molar-refractivity contribution in [1.82, 2.24) is 9.80 Å². The average Bonchev–Trinajstić information content (AvgIpc) is 2.73. The molecule has 1 saturated heterocycles. The summed E-state index contributed by atoms with van der Waals surface area (Å²) in [5, 5.41) is 0.682. The Labute approximate surface area is 170 Å². The number of halogens is 3. The monoisotopic (exact) mass is 416 g/mol. The van der Waals surface area contributed by atoms with Gasteiger partial charge in [-0.05, 0) is 29.8 Å². The largest absolute Gasteiger partial charge is 0.422 e. The zero-order valence-corrected chi connectivity index (χ0v) is 16.0. The van der Waals surface area contributed by atoms with Crippen LogP contribution in [0.5, 0.6) is 0 Å². The lowest BCUT2D eigenvalue weighted by molar-refractivity contribution is -0.137. The molecule has 8 heteroatoms. The van der Waals surface area contributed by atoms with E-state index in [0.717, 1.165) is 17.7 Å². The number of carbonyl (C=O) groups excluding carboxylic acids is 1. The average molecular weight is 416 g/mol. The van der Waals surface area contributed by atoms with Crippen molar-refractivity contribution in [1.29, 1.82) is 0 Å². The summed E-state index contributed by atoms with van der Waals surface area (Å²) in [4.78, 5) is 28.7. The number of para-hydroxylation sites is 1. The van der Waals surface area contributed by atoms with Gasteiger partial charge >= 0.3 is 11.8 Å². The molecule has 0 unspecified atom stereocenters. The Hall–Kier alpha value is -3.13. The van der Waals surface area contributed by atoms with Crippen LogP contribution in [-0.4, -0.2) is 41.9 Å². The van der Waals surface area contributed by atoms with Crippen molar-refractivity contribution < 1.29 is 22.4 Å². The molecule has 1 fully saturated rings. The molecule has 0 saturated carbocycles. The number of amides is 1. The third kappa shape index (κ3) is 4.23. The standard InChI is InChI=1S/C22H19F3N2O3/c23-22(24,25)17-7-5-15(6-8-17)14-26-9-11-27(12-10-26)20(28)18-13-16-3-1-2-4-19(16)30-21(18)29/h1-8,13H,9-12,14H2. The van der Waals surface area contributed by atoms with E-state index in [4.69, 9.17) is 4.42 Å². The second-order valence-electron chi connectivity index (χ2n) is 7.25. The summed E-state index contributed by atoms with van der Waals surface area (Å²) in [6.45, 7) is 2.47. The molecule has 4 rings (SSSR count). The van der Waals surface area contributed by atoms with Gasteiger partial charge in [0.2, 0.25) is 0 Å². The van der Waals surface area contributed by atoms with Crippen LogP contribution in [0.4, 0.5) is 13.2 Å². The summed E-state index contributed by atoms with van der Waals surface area (Å²) in [5.41, 5.74) is -0.120. The van der Waals surface area contributed by atoms with E-state index in [0.29, 0.717) is 43.7 Å². The SMILES string of the molecule is O=C(c1cc2ccccc2oc1=O)N1CCN(Cc2ccc(C(F)(F)F)cc2)CC1. The summed E-state index contributed by atoms with van der Waals surface area (Å²) < 4.78 is 43.3. The van der Waals surface area contributed by atoms with Crippen molar-refractivity contribution in [2.24, 2.45) is 0 Å². The van der Waals surface area contributed by atoms with Gasteiger partial charge in [0.05, 0.1) is 5.56 Å². The van der Waals surface area contributed by atoms with Gasteiger partial charge in [0.1, 0.15) is 11.1 Å². The molecule has 30 heavy (non-hydrogen) atoms. The van der Waals surface area contributed by atoms with Crippen molar-refractivity contribution in [3.63, 3.8) is 0 Å². The normalized spacial score (nSPS) is 15.5. The van der Waals surface area contributed by atoms with E-state index in [2.05, 4.69) is 4.90 Å². The Morgan fingerprint density at radius 2 is 1.63 bits per heavy atom. The van der Waals surface area contributed by atoms with E-state index in [1.165, 1.54) is 12.1 Å². The summed E-state index contributed by atoms with van der Waals surface area (Å²) in [6, 6.07) is 13.7. The molecule has 1 aliphatic heterocycles. The maximum Gasteiger partial charge on any atom is 0.416 e. The first kappa shape index (κ1) is 20.2. The predicted octanol–water partition coefficient (Wildman–Crippen LogP) is 3.77. The maximum atomic E-state index is 12.8. The van der Waals surface area contributed by atoms with Gasteiger partial charge in [-0.2, -0.15) is 13.2 Å². The van der Waals surface area contributed by atoms with E-state index in [1.807, 2.05) is 0 Å². The van der Waals surface area contributed by atoms with Gasteiger partial charge in [-0.25, -0.2) is 4.79 Å². The molecular weight excluding hydrogens is 397 g/mol. The van der Waals surface area contributed by atoms with Crippen molar-refractivity contribution in [2.45, 2.75) is 12.7 Å². The Kier molecular flexibility index (Phi) is 5.34. The van der Waals surface area contributed by atoms with E-state index in [-0.39, 0.29) is 11.5 Å². The van der Waals surface area contributed by atoms with E-state index >= 15 is 0 Å². The number of alkyl halides is 3. The summed E-state index contributed by atoms with van der Waals surface area (Å²) in [7, 11) is 0. The molecule has 0 atom stereocenters. The van der Waals surface area contributed by atoms with Crippen LogP contribution in [0, 0.1) is 0 Å². The number of rotatable bonds is 3. The molecule has 0 bridgehead atoms. The number of benzene rings is 2. The quantitative estimate of drug-likeness (QED) is 0.610. The highest BCUT2D eigenvalue weighted by Crippen LogP contribution is 2.29. The van der Waals surface area contributed by atoms with Crippen molar-refractivity contribution >= 4 is 16.9 Å². The minimum Gasteiger partial charge on any atom is -0.422 e. The van der Waals surface area contributed by atoms with E-state index in [1.54, 1.807) is 35.2 Å². The first-order chi connectivity index (χ1) is 14.3. The Morgan fingerprint density at radius 1 is 0.967 bits per heavy atom. The molecule has 156 valence electrons. The topological polar surface area (TPSA) is 53.8 Å². The van der Waals surface area contributed by atoms with Crippen LogP contribution in [0.2, 0.25) is 0 Å². The summed E-state index contributed by atoms with van der Waals surface area (Å²) in [6.07, 6.45) is -4.35. The minimum atomic E-state index is -4.35. The number of nitrogens with zero attached hydrogens (tertiary/aromatic N) is 2. The molecule has 0 N–H and O–H groups in total. The van der Waals surface area contributed by atoms with Gasteiger partial charge in [0.15, 0.2) is 0 Å². The lowest BCUT2D eigenvalue weighted by atomic mass is 10.1. The highest BCUT2D eigenvalue weighted by Gasteiger charge is 2.30. The van der Waals surface area contributed by atoms with Gasteiger partial charge in [-0.15, -0.1) is 0 Å². The number of hydrogen-bond acceptors (Lipinski definition) is 4. The van der Waals surface area contributed by atoms with Crippen LogP contribution >= 0.6 is 0 Å². The van der Waals surface area contributed by atoms with Gasteiger partial charge < -0.3 is 9.32 Å². The highest BCUT2D eigenvalue weighted by molar-refractivity contribution is 5.96. The molecular formula is C22H19F3N2O3. The molecule has 2 heterocycles. The number of fused-ring (bicyclic) bond motifs is 1. The van der Waals surface area contributed by atoms with Crippen LogP contribution in [0.3, 0.4) is 0 Å². The first-order valence-corrected chi connectivity index (χ1v) is 9.52. The molecule has 3 aromatic rings. The summed E-state index contributed by atoms with van der Waals surface area (Å²) in [5.74, 6) is -0.372. The minimum absolute atomic E-state index is 0.00453. The fraction of sp³-hybridized carbons (Fsp3) is 0.273. The van der Waals surface area contributed by atoms with Gasteiger partial charge in [-0.3, -0.25) is 9.69 Å². The van der Waals surface area contributed by atoms with Crippen molar-refractivity contribution in [3.05, 3.63) is 81.7 Å². The van der Waals surface area contributed by atoms with Gasteiger partial charge in [0, 0.05) is 38.1 Å². The van der Waals surface area contributed by atoms with Gasteiger partial charge in [0.25, 0.3) is 5.91 Å². The second kappa shape index (κ2) is 7.95. The third-order valence-electron chi connectivity index (χ3n) is 5.22. The zero-order valence-electron chi connectivity index (χ0n) is 16.0. The van der Waals surface area contributed by atoms with E-state index < -0.39 is 17.4 Å². The lowest BCUT2D eigenvalue weighted by Gasteiger charge is -2.34. The van der Waals surface area contributed by atoms with Crippen molar-refractivity contribution in [2.75, 3.05) is 26.2 Å². The molecule has 1 amide bonds. The van der Waals surface area contributed by atoms with Crippen LogP contribution < -0.4 is 5.63 Å². The molecule has 0 aliphatic carbocycles. The molecule has 0 radical (unpaired) electrons. The number of piperazine rings is 1. The molecule has 2 aromatic carbocycles. The smallest absolute Gasteiger partial charge is 0.416 e. The van der Waals surface area contributed by atoms with Gasteiger partial charge in [-0.1, -0.05) is 30.3 Å². The Balaban J connectivity index is 1.39. The lowest BCUT2D eigenvalue weighted by Crippen LogP contribution is -2.49. The number of hydrogen-bond donors (Lipinski definition) is 0. The van der Waals surface area contributed by atoms with E-state index in [9.17, 15) is 22.8 Å². The zero-order chi connectivity index (χ0) is 21.3. The first-order valence-electron chi connectivity index (χ1n) is 9.52. The van der Waals surface area contributed by atoms with Crippen LogP contribution in [0.25, 0.3) is 11.0 Å². The van der Waals surface area contributed by atoms with Crippen LogP contribution in [0.1, 0.15) is 21.5 Å². The predicted molar refractivity (Wildman–Crippen MR) is 105 cm³/mol. The molecule has 0 spiro atoms. The summed E-state index contributed by atoms with van der Waals surface area (Å²) >= 11 is 0. The molecule has 5 nitrogen and oxygen atoms in total. The molecule has 1 aromatic heterocycles. The third-order valence-corrected chi connectivity index (χ3v) is 5.22. The Morgan fingerprint density at radius 3 is 2.30 bits per heavy atom. The Bertz CT molecular complexity index is 1110. The fourth-order valence-electron chi connectivity index (χ4n) is 3.55. The molecule has 1 aliphatic rings. The number of carbonyl (C=O) groups is 1. The van der Waals surface area contributed by atoms with Crippen LogP contribution in [-0.2, 0) is 12.7 Å². The van der Waals surface area contributed by atoms with Crippen LogP contribution in [0.15, 0.2) is 63.8 Å².